The summed E-state index contributed by atoms with van der Waals surface area (Å²) >= 11 is 0. The molecular weight excluding hydrogens is 424 g/mol. The average Bonchev–Trinajstić information content (AvgIpc) is 2.89. The lowest BCUT2D eigenvalue weighted by molar-refractivity contribution is -0.115. The molecule has 0 saturated carbocycles. The van der Waals surface area contributed by atoms with Crippen molar-refractivity contribution in [1.29, 1.82) is 0 Å². The van der Waals surface area contributed by atoms with Gasteiger partial charge >= 0.3 is 0 Å². The van der Waals surface area contributed by atoms with Crippen LogP contribution < -0.4 is 15.1 Å². The number of hydrogen-bond donors (Lipinski definition) is 1. The van der Waals surface area contributed by atoms with Gasteiger partial charge in [0.05, 0.1) is 12.3 Å². The first-order chi connectivity index (χ1) is 16.7. The summed E-state index contributed by atoms with van der Waals surface area (Å²) in [5.74, 6) is 1.68. The molecule has 182 valence electrons. The second-order valence-corrected chi connectivity index (χ2v) is 9.31. The smallest absolute Gasteiger partial charge is 0.224 e. The minimum atomic E-state index is 0.0622. The summed E-state index contributed by atoms with van der Waals surface area (Å²) in [5.41, 5.74) is 4.31. The van der Waals surface area contributed by atoms with Crippen LogP contribution in [0, 0.1) is 11.8 Å². The number of hydrogen-bond acceptors (Lipinski definition) is 5. The van der Waals surface area contributed by atoms with Gasteiger partial charge in [0.25, 0.3) is 0 Å². The van der Waals surface area contributed by atoms with E-state index in [9.17, 15) is 4.79 Å². The van der Waals surface area contributed by atoms with Crippen molar-refractivity contribution in [2.45, 2.75) is 46.0 Å². The highest BCUT2D eigenvalue weighted by Crippen LogP contribution is 2.36. The van der Waals surface area contributed by atoms with Crippen LogP contribution in [0.5, 0.6) is 0 Å². The van der Waals surface area contributed by atoms with Gasteiger partial charge in [0, 0.05) is 49.7 Å². The second-order valence-electron chi connectivity index (χ2n) is 9.31. The molecule has 0 radical (unpaired) electrons. The Kier molecular flexibility index (Phi) is 8.45. The molecule has 2 fully saturated rings. The van der Waals surface area contributed by atoms with E-state index < -0.39 is 0 Å². The summed E-state index contributed by atoms with van der Waals surface area (Å²) in [6, 6.07) is 16.7. The van der Waals surface area contributed by atoms with Crippen molar-refractivity contribution in [2.24, 2.45) is 16.8 Å². The zero-order valence-corrected chi connectivity index (χ0v) is 20.6. The molecule has 2 saturated heterocycles. The highest BCUT2D eigenvalue weighted by Gasteiger charge is 2.30. The zero-order chi connectivity index (χ0) is 23.8. The fourth-order valence-electron chi connectivity index (χ4n) is 5.23. The van der Waals surface area contributed by atoms with Crippen LogP contribution in [0.25, 0.3) is 0 Å². The standard InChI is InChI=1S/C28H38N4O2/c1-3-28(33)30-25-8-6-10-27(20-25)32-17-13-23(14-18-32)22-11-15-31(16-12-22)26-9-5-7-24(19-26)29-21-34-4-2/h5-10,19-23H,3-4,11-18H2,1-2H3,(H,30,33). The Morgan fingerprint density at radius 1 is 0.941 bits per heavy atom. The third-order valence-electron chi connectivity index (χ3n) is 7.20. The molecule has 2 aliphatic rings. The van der Waals surface area contributed by atoms with Gasteiger partial charge in [0.2, 0.25) is 5.91 Å². The molecule has 1 amide bonds. The predicted octanol–water partition coefficient (Wildman–Crippen LogP) is 5.86. The molecule has 0 spiro atoms. The van der Waals surface area contributed by atoms with Crippen LogP contribution in [0.2, 0.25) is 0 Å². The number of piperidine rings is 2. The minimum absolute atomic E-state index is 0.0622. The maximum absolute atomic E-state index is 11.7. The molecule has 6 heteroatoms. The third kappa shape index (κ3) is 6.31. The molecule has 0 aliphatic carbocycles. The third-order valence-corrected chi connectivity index (χ3v) is 7.20. The van der Waals surface area contributed by atoms with Crippen molar-refractivity contribution in [3.05, 3.63) is 48.5 Å². The van der Waals surface area contributed by atoms with E-state index in [1.165, 1.54) is 43.5 Å². The number of nitrogens with one attached hydrogen (secondary N) is 1. The van der Waals surface area contributed by atoms with Gasteiger partial charge in [-0.1, -0.05) is 19.1 Å². The van der Waals surface area contributed by atoms with Gasteiger partial charge in [0.1, 0.15) is 0 Å². The van der Waals surface area contributed by atoms with E-state index in [1.807, 2.05) is 32.0 Å². The van der Waals surface area contributed by atoms with Crippen LogP contribution in [-0.4, -0.2) is 45.1 Å². The zero-order valence-electron chi connectivity index (χ0n) is 20.6. The lowest BCUT2D eigenvalue weighted by Gasteiger charge is -2.41. The Labute approximate surface area is 204 Å². The molecule has 2 aromatic carbocycles. The van der Waals surface area contributed by atoms with E-state index in [2.05, 4.69) is 50.4 Å². The number of benzene rings is 2. The van der Waals surface area contributed by atoms with Crippen LogP contribution in [0.4, 0.5) is 22.7 Å². The summed E-state index contributed by atoms with van der Waals surface area (Å²) in [5, 5.41) is 2.98. The largest absolute Gasteiger partial charge is 0.483 e. The maximum atomic E-state index is 11.7. The number of amides is 1. The van der Waals surface area contributed by atoms with E-state index in [0.29, 0.717) is 13.0 Å². The van der Waals surface area contributed by atoms with Crippen LogP contribution in [0.15, 0.2) is 53.5 Å². The number of anilines is 3. The number of carbonyl (C=O) groups excluding carboxylic acids is 1. The first-order valence-corrected chi connectivity index (χ1v) is 12.8. The number of carbonyl (C=O) groups is 1. The SMILES string of the molecule is CCOC=Nc1cccc(N2CCC(C3CCN(c4cccc(NC(=O)CC)c4)CC3)CC2)c1. The van der Waals surface area contributed by atoms with Crippen LogP contribution >= 0.6 is 0 Å². The van der Waals surface area contributed by atoms with Crippen molar-refractivity contribution in [3.63, 3.8) is 0 Å². The molecule has 2 heterocycles. The topological polar surface area (TPSA) is 57.2 Å². The quantitative estimate of drug-likeness (QED) is 0.394. The molecule has 2 aliphatic heterocycles. The van der Waals surface area contributed by atoms with E-state index in [1.54, 1.807) is 0 Å². The van der Waals surface area contributed by atoms with Gasteiger partial charge in [-0.25, -0.2) is 4.99 Å². The van der Waals surface area contributed by atoms with Crippen molar-refractivity contribution in [1.82, 2.24) is 0 Å². The molecule has 0 atom stereocenters. The summed E-state index contributed by atoms with van der Waals surface area (Å²) in [6.07, 6.45) is 7.05. The van der Waals surface area contributed by atoms with Crippen molar-refractivity contribution >= 4 is 35.1 Å². The predicted molar refractivity (Wildman–Crippen MR) is 141 cm³/mol. The highest BCUT2D eigenvalue weighted by atomic mass is 16.5. The van der Waals surface area contributed by atoms with Gasteiger partial charge in [-0.05, 0) is 80.8 Å². The fraction of sp³-hybridized carbons (Fsp3) is 0.500. The Balaban J connectivity index is 1.26. The van der Waals surface area contributed by atoms with Crippen LogP contribution in [0.3, 0.4) is 0 Å². The van der Waals surface area contributed by atoms with E-state index in [4.69, 9.17) is 4.74 Å². The maximum Gasteiger partial charge on any atom is 0.224 e. The molecular formula is C28H38N4O2. The summed E-state index contributed by atoms with van der Waals surface area (Å²) in [7, 11) is 0. The summed E-state index contributed by atoms with van der Waals surface area (Å²) in [4.78, 5) is 21.1. The Morgan fingerprint density at radius 2 is 1.53 bits per heavy atom. The first-order valence-electron chi connectivity index (χ1n) is 12.8. The van der Waals surface area contributed by atoms with Crippen LogP contribution in [-0.2, 0) is 9.53 Å². The highest BCUT2D eigenvalue weighted by molar-refractivity contribution is 5.91. The van der Waals surface area contributed by atoms with E-state index >= 15 is 0 Å². The Bertz CT molecular complexity index is 960. The number of ether oxygens (including phenoxy) is 1. The van der Waals surface area contributed by atoms with Gasteiger partial charge in [-0.2, -0.15) is 0 Å². The van der Waals surface area contributed by atoms with Gasteiger partial charge in [0.15, 0.2) is 6.40 Å². The number of nitrogens with zero attached hydrogens (tertiary/aromatic N) is 3. The van der Waals surface area contributed by atoms with Crippen LogP contribution in [0.1, 0.15) is 46.0 Å². The fourth-order valence-corrected chi connectivity index (χ4v) is 5.23. The average molecular weight is 463 g/mol. The van der Waals surface area contributed by atoms with Gasteiger partial charge in [-0.3, -0.25) is 4.79 Å². The van der Waals surface area contributed by atoms with Gasteiger partial charge in [-0.15, -0.1) is 0 Å². The number of rotatable bonds is 8. The molecule has 34 heavy (non-hydrogen) atoms. The van der Waals surface area contributed by atoms with Crippen molar-refractivity contribution in [3.8, 4) is 0 Å². The van der Waals surface area contributed by atoms with E-state index in [-0.39, 0.29) is 5.91 Å². The van der Waals surface area contributed by atoms with E-state index in [0.717, 1.165) is 49.4 Å². The normalized spacial score (nSPS) is 17.8. The van der Waals surface area contributed by atoms with Crippen molar-refractivity contribution in [2.75, 3.05) is 47.9 Å². The summed E-state index contributed by atoms with van der Waals surface area (Å²) in [6.45, 7) is 8.89. The molecule has 2 aromatic rings. The lowest BCUT2D eigenvalue weighted by Crippen LogP contribution is -2.41. The number of aliphatic imine (C=N–C) groups is 1. The molecule has 0 unspecified atom stereocenters. The minimum Gasteiger partial charge on any atom is -0.483 e. The van der Waals surface area contributed by atoms with Gasteiger partial charge < -0.3 is 19.9 Å². The summed E-state index contributed by atoms with van der Waals surface area (Å²) < 4.78 is 5.24. The Morgan fingerprint density at radius 3 is 2.12 bits per heavy atom. The molecule has 4 rings (SSSR count). The molecule has 6 nitrogen and oxygen atoms in total. The molecule has 0 bridgehead atoms. The lowest BCUT2D eigenvalue weighted by atomic mass is 9.78. The van der Waals surface area contributed by atoms with Crippen molar-refractivity contribution < 1.29 is 9.53 Å². The monoisotopic (exact) mass is 462 g/mol. The first kappa shape index (κ1) is 24.1. The molecule has 0 aromatic heterocycles. The Hall–Kier alpha value is -3.02. The second kappa shape index (κ2) is 11.9. The molecule has 1 N–H and O–H groups in total.